The number of rotatable bonds is 6. The topological polar surface area (TPSA) is 112 Å². The summed E-state index contributed by atoms with van der Waals surface area (Å²) in [6, 6.07) is 9.16. The Hall–Kier alpha value is -3.49. The van der Waals surface area contributed by atoms with Gasteiger partial charge in [0.2, 0.25) is 0 Å². The molecule has 26 heavy (non-hydrogen) atoms. The quantitative estimate of drug-likeness (QED) is 0.537. The zero-order valence-corrected chi connectivity index (χ0v) is 14.2. The number of nitrogens with zero attached hydrogens (tertiary/aromatic N) is 4. The molecule has 0 aliphatic rings. The standard InChI is InChI=1S/C17H17N5O4/c1-3-26-14-8-7-12(10-13(14)22(24)25)17(23)18-11(2)16-20-19-15-6-4-5-9-21(15)16/h4-11H,3H2,1-2H3,(H,18,23). The Morgan fingerprint density at radius 1 is 1.35 bits per heavy atom. The third kappa shape index (κ3) is 3.32. The van der Waals surface area contributed by atoms with Crippen LogP contribution in [-0.4, -0.2) is 32.0 Å². The highest BCUT2D eigenvalue weighted by atomic mass is 16.6. The molecule has 0 aliphatic heterocycles. The predicted octanol–water partition coefficient (Wildman–Crippen LogP) is 2.53. The Balaban J connectivity index is 1.83. The number of amides is 1. The van der Waals surface area contributed by atoms with Gasteiger partial charge in [-0.3, -0.25) is 19.3 Å². The van der Waals surface area contributed by atoms with E-state index in [9.17, 15) is 14.9 Å². The molecule has 2 aromatic heterocycles. The van der Waals surface area contributed by atoms with Crippen molar-refractivity contribution in [1.82, 2.24) is 19.9 Å². The Morgan fingerprint density at radius 3 is 2.88 bits per heavy atom. The molecular weight excluding hydrogens is 338 g/mol. The van der Waals surface area contributed by atoms with Gasteiger partial charge in [0.05, 0.1) is 17.6 Å². The molecule has 1 aromatic carbocycles. The van der Waals surface area contributed by atoms with Crippen molar-refractivity contribution in [2.45, 2.75) is 19.9 Å². The number of benzene rings is 1. The molecule has 1 atom stereocenters. The molecule has 0 aliphatic carbocycles. The first-order valence-electron chi connectivity index (χ1n) is 8.03. The maximum Gasteiger partial charge on any atom is 0.311 e. The minimum absolute atomic E-state index is 0.130. The minimum atomic E-state index is -0.572. The van der Waals surface area contributed by atoms with E-state index in [1.54, 1.807) is 30.5 Å². The number of carbonyl (C=O) groups is 1. The Labute approximate surface area is 148 Å². The van der Waals surface area contributed by atoms with Crippen LogP contribution in [0.4, 0.5) is 5.69 Å². The van der Waals surface area contributed by atoms with Gasteiger partial charge in [-0.1, -0.05) is 6.07 Å². The highest BCUT2D eigenvalue weighted by molar-refractivity contribution is 5.95. The average molecular weight is 355 g/mol. The molecule has 134 valence electrons. The molecule has 0 bridgehead atoms. The second-order valence-electron chi connectivity index (χ2n) is 5.55. The molecule has 3 rings (SSSR count). The lowest BCUT2D eigenvalue weighted by Gasteiger charge is -2.13. The van der Waals surface area contributed by atoms with Gasteiger partial charge in [-0.2, -0.15) is 0 Å². The summed E-state index contributed by atoms with van der Waals surface area (Å²) in [7, 11) is 0. The summed E-state index contributed by atoms with van der Waals surface area (Å²) >= 11 is 0. The molecule has 0 spiro atoms. The van der Waals surface area contributed by atoms with Crippen molar-refractivity contribution in [1.29, 1.82) is 0 Å². The number of fused-ring (bicyclic) bond motifs is 1. The SMILES string of the molecule is CCOc1ccc(C(=O)NC(C)c2nnc3ccccn23)cc1[N+](=O)[O-]. The number of nitro benzene ring substituents is 1. The van der Waals surface area contributed by atoms with Gasteiger partial charge in [0.1, 0.15) is 0 Å². The molecule has 0 saturated carbocycles. The van der Waals surface area contributed by atoms with E-state index in [-0.39, 0.29) is 17.0 Å². The molecule has 3 aromatic rings. The van der Waals surface area contributed by atoms with Crippen LogP contribution >= 0.6 is 0 Å². The van der Waals surface area contributed by atoms with Crippen LogP contribution in [0.15, 0.2) is 42.6 Å². The molecule has 9 heteroatoms. The van der Waals surface area contributed by atoms with E-state index in [0.29, 0.717) is 18.1 Å². The molecule has 0 radical (unpaired) electrons. The Bertz CT molecular complexity index is 969. The molecule has 0 saturated heterocycles. The maximum atomic E-state index is 12.5. The first-order chi connectivity index (χ1) is 12.5. The van der Waals surface area contributed by atoms with Crippen molar-refractivity contribution in [3.05, 3.63) is 64.1 Å². The highest BCUT2D eigenvalue weighted by Gasteiger charge is 2.21. The van der Waals surface area contributed by atoms with E-state index < -0.39 is 16.9 Å². The van der Waals surface area contributed by atoms with Crippen LogP contribution in [0.1, 0.15) is 36.1 Å². The Kier molecular flexibility index (Phi) is 4.78. The summed E-state index contributed by atoms with van der Waals surface area (Å²) in [5, 5.41) is 22.1. The fourth-order valence-corrected chi connectivity index (χ4v) is 2.58. The summed E-state index contributed by atoms with van der Waals surface area (Å²) in [6.07, 6.45) is 1.80. The lowest BCUT2D eigenvalue weighted by atomic mass is 10.1. The summed E-state index contributed by atoms with van der Waals surface area (Å²) < 4.78 is 7.00. The molecule has 9 nitrogen and oxygen atoms in total. The number of nitrogens with one attached hydrogen (secondary N) is 1. The van der Waals surface area contributed by atoms with Crippen LogP contribution in [0, 0.1) is 10.1 Å². The number of aromatic nitrogens is 3. The van der Waals surface area contributed by atoms with E-state index in [1.807, 2.05) is 12.1 Å². The largest absolute Gasteiger partial charge is 0.487 e. The molecule has 1 amide bonds. The van der Waals surface area contributed by atoms with Crippen LogP contribution in [0.2, 0.25) is 0 Å². The second kappa shape index (κ2) is 7.18. The third-order valence-corrected chi connectivity index (χ3v) is 3.79. The molecular formula is C17H17N5O4. The van der Waals surface area contributed by atoms with E-state index >= 15 is 0 Å². The normalized spacial score (nSPS) is 11.9. The van der Waals surface area contributed by atoms with Crippen LogP contribution in [-0.2, 0) is 0 Å². The number of hydrogen-bond acceptors (Lipinski definition) is 6. The van der Waals surface area contributed by atoms with Gasteiger partial charge in [-0.05, 0) is 38.1 Å². The first-order valence-corrected chi connectivity index (χ1v) is 8.03. The first kappa shape index (κ1) is 17.3. The molecule has 1 unspecified atom stereocenters. The number of nitro groups is 1. The van der Waals surface area contributed by atoms with Gasteiger partial charge in [-0.15, -0.1) is 10.2 Å². The molecule has 2 heterocycles. The van der Waals surface area contributed by atoms with Crippen molar-refractivity contribution in [2.24, 2.45) is 0 Å². The smallest absolute Gasteiger partial charge is 0.311 e. The number of pyridine rings is 1. The zero-order chi connectivity index (χ0) is 18.7. The van der Waals surface area contributed by atoms with E-state index in [0.717, 1.165) is 0 Å². The van der Waals surface area contributed by atoms with Gasteiger partial charge in [-0.25, -0.2) is 0 Å². The van der Waals surface area contributed by atoms with Crippen molar-refractivity contribution in [3.8, 4) is 5.75 Å². The fraction of sp³-hybridized carbons (Fsp3) is 0.235. The van der Waals surface area contributed by atoms with Crippen molar-refractivity contribution >= 4 is 17.2 Å². The number of carbonyl (C=O) groups excluding carboxylic acids is 1. The summed E-state index contributed by atoms with van der Waals surface area (Å²) in [6.45, 7) is 3.79. The van der Waals surface area contributed by atoms with Crippen LogP contribution in [0.5, 0.6) is 5.75 Å². The van der Waals surface area contributed by atoms with Crippen molar-refractivity contribution in [3.63, 3.8) is 0 Å². The maximum absolute atomic E-state index is 12.5. The van der Waals surface area contributed by atoms with Gasteiger partial charge < -0.3 is 10.1 Å². The van der Waals surface area contributed by atoms with E-state index in [4.69, 9.17) is 4.74 Å². The average Bonchev–Trinajstić information content (AvgIpc) is 3.06. The highest BCUT2D eigenvalue weighted by Crippen LogP contribution is 2.28. The van der Waals surface area contributed by atoms with Gasteiger partial charge in [0, 0.05) is 17.8 Å². The zero-order valence-electron chi connectivity index (χ0n) is 14.2. The summed E-state index contributed by atoms with van der Waals surface area (Å²) in [4.78, 5) is 23.1. The van der Waals surface area contributed by atoms with Gasteiger partial charge in [0.15, 0.2) is 17.2 Å². The third-order valence-electron chi connectivity index (χ3n) is 3.79. The van der Waals surface area contributed by atoms with Crippen LogP contribution in [0.3, 0.4) is 0 Å². The van der Waals surface area contributed by atoms with Crippen molar-refractivity contribution in [2.75, 3.05) is 6.61 Å². The monoisotopic (exact) mass is 355 g/mol. The second-order valence-corrected chi connectivity index (χ2v) is 5.55. The lowest BCUT2D eigenvalue weighted by Crippen LogP contribution is -2.28. The summed E-state index contributed by atoms with van der Waals surface area (Å²) in [5.41, 5.74) is 0.584. The van der Waals surface area contributed by atoms with Gasteiger partial charge in [0.25, 0.3) is 5.91 Å². The van der Waals surface area contributed by atoms with Gasteiger partial charge >= 0.3 is 5.69 Å². The molecule has 1 N–H and O–H groups in total. The molecule has 0 fully saturated rings. The van der Waals surface area contributed by atoms with Crippen LogP contribution < -0.4 is 10.1 Å². The van der Waals surface area contributed by atoms with Crippen LogP contribution in [0.25, 0.3) is 5.65 Å². The minimum Gasteiger partial charge on any atom is -0.487 e. The number of hydrogen-bond donors (Lipinski definition) is 1. The fourth-order valence-electron chi connectivity index (χ4n) is 2.58. The summed E-state index contributed by atoms with van der Waals surface area (Å²) in [5.74, 6) is 0.247. The van der Waals surface area contributed by atoms with E-state index in [1.165, 1.54) is 18.2 Å². The lowest BCUT2D eigenvalue weighted by molar-refractivity contribution is -0.385. The predicted molar refractivity (Wildman–Crippen MR) is 93.1 cm³/mol. The Morgan fingerprint density at radius 2 is 2.15 bits per heavy atom. The van der Waals surface area contributed by atoms with E-state index in [2.05, 4.69) is 15.5 Å². The number of ether oxygens (including phenoxy) is 1. The van der Waals surface area contributed by atoms with Crippen molar-refractivity contribution < 1.29 is 14.5 Å².